The van der Waals surface area contributed by atoms with Crippen molar-refractivity contribution < 1.29 is 19.1 Å². The maximum atomic E-state index is 12.9. The number of carbonyl (C=O) groups is 3. The summed E-state index contributed by atoms with van der Waals surface area (Å²) in [4.78, 5) is 39.1. The Balaban J connectivity index is 1.62. The van der Waals surface area contributed by atoms with E-state index in [4.69, 9.17) is 4.74 Å². The van der Waals surface area contributed by atoms with Gasteiger partial charge in [-0.2, -0.15) is 0 Å². The van der Waals surface area contributed by atoms with Crippen LogP contribution in [0.25, 0.3) is 0 Å². The van der Waals surface area contributed by atoms with Crippen LogP contribution in [0, 0.1) is 0 Å². The second-order valence-corrected chi connectivity index (χ2v) is 6.90. The van der Waals surface area contributed by atoms with Crippen molar-refractivity contribution in [2.45, 2.75) is 50.7 Å². The first-order chi connectivity index (χ1) is 13.0. The quantitative estimate of drug-likeness (QED) is 0.637. The molecule has 146 valence electrons. The number of nitrogens with zero attached hydrogens (tertiary/aromatic N) is 1. The van der Waals surface area contributed by atoms with Gasteiger partial charge in [0, 0.05) is 6.54 Å². The van der Waals surface area contributed by atoms with Crippen LogP contribution in [0.15, 0.2) is 30.3 Å². The minimum Gasteiger partial charge on any atom is -0.356 e. The Labute approximate surface area is 158 Å². The molecule has 0 bridgehead atoms. The highest BCUT2D eigenvalue weighted by atomic mass is 16.5. The van der Waals surface area contributed by atoms with Crippen LogP contribution in [-0.2, 0) is 25.7 Å². The van der Waals surface area contributed by atoms with Crippen molar-refractivity contribution in [3.8, 4) is 0 Å². The van der Waals surface area contributed by atoms with Crippen molar-refractivity contribution in [2.24, 2.45) is 0 Å². The Morgan fingerprint density at radius 1 is 1.26 bits per heavy atom. The van der Waals surface area contributed by atoms with Crippen molar-refractivity contribution in [2.75, 3.05) is 13.7 Å². The van der Waals surface area contributed by atoms with Crippen LogP contribution in [0.3, 0.4) is 0 Å². The van der Waals surface area contributed by atoms with E-state index in [2.05, 4.69) is 16.0 Å². The highest BCUT2D eigenvalue weighted by Gasteiger charge is 2.47. The zero-order chi connectivity index (χ0) is 19.4. The second kappa shape index (κ2) is 8.49. The van der Waals surface area contributed by atoms with E-state index >= 15 is 0 Å². The summed E-state index contributed by atoms with van der Waals surface area (Å²) in [6, 6.07) is 7.84. The van der Waals surface area contributed by atoms with Crippen molar-refractivity contribution in [1.29, 1.82) is 0 Å². The number of fused-ring (bicyclic) bond motifs is 1. The van der Waals surface area contributed by atoms with Gasteiger partial charge in [-0.25, -0.2) is 0 Å². The minimum absolute atomic E-state index is 0.126. The molecule has 1 unspecified atom stereocenters. The van der Waals surface area contributed by atoms with E-state index in [1.54, 1.807) is 14.0 Å². The Bertz CT molecular complexity index is 696. The normalized spacial score (nSPS) is 25.6. The van der Waals surface area contributed by atoms with Gasteiger partial charge in [-0.3, -0.25) is 14.4 Å². The highest BCUT2D eigenvalue weighted by Crippen LogP contribution is 2.29. The fraction of sp³-hybridized carbons (Fsp3) is 0.526. The van der Waals surface area contributed by atoms with Crippen molar-refractivity contribution >= 4 is 17.7 Å². The fourth-order valence-electron chi connectivity index (χ4n) is 3.39. The van der Waals surface area contributed by atoms with Gasteiger partial charge in [0.1, 0.15) is 18.3 Å². The lowest BCUT2D eigenvalue weighted by Crippen LogP contribution is -2.62. The number of likely N-dealkylation sites (N-methyl/N-ethyl adjacent to an activating group) is 1. The zero-order valence-corrected chi connectivity index (χ0v) is 15.6. The number of carbonyl (C=O) groups excluding carboxylic acids is 3. The molecule has 2 aliphatic heterocycles. The van der Waals surface area contributed by atoms with E-state index in [0.29, 0.717) is 19.4 Å². The van der Waals surface area contributed by atoms with Gasteiger partial charge in [0.25, 0.3) is 0 Å². The van der Waals surface area contributed by atoms with Crippen molar-refractivity contribution in [1.82, 2.24) is 20.9 Å². The van der Waals surface area contributed by atoms with Crippen molar-refractivity contribution in [3.63, 3.8) is 0 Å². The van der Waals surface area contributed by atoms with Gasteiger partial charge in [-0.05, 0) is 32.4 Å². The molecule has 1 aromatic rings. The summed E-state index contributed by atoms with van der Waals surface area (Å²) < 4.78 is 5.73. The lowest BCUT2D eigenvalue weighted by atomic mass is 10.1. The van der Waals surface area contributed by atoms with Crippen LogP contribution in [0.5, 0.6) is 0 Å². The van der Waals surface area contributed by atoms with E-state index in [1.807, 2.05) is 30.3 Å². The number of rotatable bonds is 6. The predicted molar refractivity (Wildman–Crippen MR) is 98.3 cm³/mol. The van der Waals surface area contributed by atoms with Crippen molar-refractivity contribution in [3.05, 3.63) is 35.9 Å². The molecule has 27 heavy (non-hydrogen) atoms. The second-order valence-electron chi connectivity index (χ2n) is 6.90. The molecule has 3 amide bonds. The first-order valence-electron chi connectivity index (χ1n) is 9.24. The average molecular weight is 374 g/mol. The summed E-state index contributed by atoms with van der Waals surface area (Å²) >= 11 is 0. The molecule has 1 aromatic carbocycles. The lowest BCUT2D eigenvalue weighted by molar-refractivity contribution is -0.167. The first-order valence-corrected chi connectivity index (χ1v) is 9.24. The molecule has 3 rings (SSSR count). The maximum absolute atomic E-state index is 12.9. The molecule has 2 fully saturated rings. The van der Waals surface area contributed by atoms with Gasteiger partial charge in [0.15, 0.2) is 0 Å². The van der Waals surface area contributed by atoms with Gasteiger partial charge >= 0.3 is 0 Å². The third-order valence-corrected chi connectivity index (χ3v) is 5.10. The van der Waals surface area contributed by atoms with Crippen LogP contribution >= 0.6 is 0 Å². The number of nitrogens with one attached hydrogen (secondary N) is 3. The number of benzene rings is 1. The Morgan fingerprint density at radius 2 is 2.00 bits per heavy atom. The predicted octanol–water partition coefficient (Wildman–Crippen LogP) is -0.257. The standard InChI is InChI=1S/C19H26N4O4/c1-12(20-2)17(24)22-14-11-27-16-9-8-15(23(16)19(14)26)18(25)21-10-13-6-4-3-5-7-13/h3-7,12,14-16,20H,8-11H2,1-2H3,(H,21,25)(H,22,24)/t12-,14-,15?,16-/m0/s1. The molecule has 0 saturated carbocycles. The zero-order valence-electron chi connectivity index (χ0n) is 15.6. The number of hydrogen-bond donors (Lipinski definition) is 3. The van der Waals surface area contributed by atoms with Crippen LogP contribution < -0.4 is 16.0 Å². The van der Waals surface area contributed by atoms with Gasteiger partial charge < -0.3 is 25.6 Å². The van der Waals surface area contributed by atoms with Crippen LogP contribution in [0.4, 0.5) is 0 Å². The number of amides is 3. The van der Waals surface area contributed by atoms with E-state index in [1.165, 1.54) is 4.90 Å². The smallest absolute Gasteiger partial charge is 0.250 e. The van der Waals surface area contributed by atoms with E-state index in [-0.39, 0.29) is 24.3 Å². The summed E-state index contributed by atoms with van der Waals surface area (Å²) in [5.41, 5.74) is 0.993. The van der Waals surface area contributed by atoms with E-state index < -0.39 is 24.4 Å². The van der Waals surface area contributed by atoms with Crippen LogP contribution in [-0.4, -0.2) is 60.6 Å². The van der Waals surface area contributed by atoms with E-state index in [9.17, 15) is 14.4 Å². The molecule has 3 N–H and O–H groups in total. The summed E-state index contributed by atoms with van der Waals surface area (Å²) in [5, 5.41) is 8.42. The molecule has 2 saturated heterocycles. The third kappa shape index (κ3) is 4.28. The Kier molecular flexibility index (Phi) is 6.08. The largest absolute Gasteiger partial charge is 0.356 e. The Morgan fingerprint density at radius 3 is 2.70 bits per heavy atom. The van der Waals surface area contributed by atoms with Gasteiger partial charge in [0.2, 0.25) is 17.7 Å². The molecule has 8 heteroatoms. The topological polar surface area (TPSA) is 99.8 Å². The number of ether oxygens (including phenoxy) is 1. The molecule has 4 atom stereocenters. The SMILES string of the molecule is CN[C@@H](C)C(=O)N[C@H]1CO[C@H]2CCC(C(=O)NCc3ccccc3)N2C1=O. The maximum Gasteiger partial charge on any atom is 0.250 e. The van der Waals surface area contributed by atoms with Gasteiger partial charge in [-0.1, -0.05) is 30.3 Å². The monoisotopic (exact) mass is 374 g/mol. The molecule has 8 nitrogen and oxygen atoms in total. The fourth-order valence-corrected chi connectivity index (χ4v) is 3.39. The molecule has 2 heterocycles. The lowest BCUT2D eigenvalue weighted by Gasteiger charge is -2.37. The summed E-state index contributed by atoms with van der Waals surface area (Å²) in [5.74, 6) is -0.740. The van der Waals surface area contributed by atoms with E-state index in [0.717, 1.165) is 5.56 Å². The third-order valence-electron chi connectivity index (χ3n) is 5.10. The Hall–Kier alpha value is -2.45. The van der Waals surface area contributed by atoms with Gasteiger partial charge in [-0.15, -0.1) is 0 Å². The minimum atomic E-state index is -0.771. The molecular weight excluding hydrogens is 348 g/mol. The molecule has 2 aliphatic rings. The van der Waals surface area contributed by atoms with Gasteiger partial charge in [0.05, 0.1) is 12.6 Å². The molecule has 0 spiro atoms. The highest BCUT2D eigenvalue weighted by molar-refractivity contribution is 5.94. The number of hydrogen-bond acceptors (Lipinski definition) is 5. The summed E-state index contributed by atoms with van der Waals surface area (Å²) in [6.45, 7) is 2.24. The average Bonchev–Trinajstić information content (AvgIpc) is 3.13. The van der Waals surface area contributed by atoms with Crippen LogP contribution in [0.2, 0.25) is 0 Å². The molecule has 0 radical (unpaired) electrons. The molecule has 0 aromatic heterocycles. The van der Waals surface area contributed by atoms with Crippen LogP contribution in [0.1, 0.15) is 25.3 Å². The molecule has 0 aliphatic carbocycles. The summed E-state index contributed by atoms with van der Waals surface area (Å²) in [7, 11) is 1.67. The first kappa shape index (κ1) is 19.3. The summed E-state index contributed by atoms with van der Waals surface area (Å²) in [6.07, 6.45) is 0.757. The molecular formula is C19H26N4O4.